The van der Waals surface area contributed by atoms with Gasteiger partial charge in [-0.3, -0.25) is 4.79 Å². The molecule has 2 aliphatic carbocycles. The molecule has 106 valence electrons. The smallest absolute Gasteiger partial charge is 0.139 e. The third-order valence-corrected chi connectivity index (χ3v) is 6.03. The molecule has 4 rings (SSSR count). The van der Waals surface area contributed by atoms with Crippen LogP contribution in [0.5, 0.6) is 0 Å². The minimum absolute atomic E-state index is 0.0270. The number of rotatable bonds is 2. The van der Waals surface area contributed by atoms with E-state index in [2.05, 4.69) is 0 Å². The molecule has 2 saturated heterocycles. The van der Waals surface area contributed by atoms with Gasteiger partial charge in [0.1, 0.15) is 5.78 Å². The van der Waals surface area contributed by atoms with Crippen LogP contribution in [0.2, 0.25) is 0 Å². The van der Waals surface area contributed by atoms with Crippen LogP contribution in [0.15, 0.2) is 0 Å². The Bertz CT molecular complexity index is 357. The molecule has 1 spiro atoms. The predicted octanol–water partition coefficient (Wildman–Crippen LogP) is 2.58. The first kappa shape index (κ1) is 12.3. The van der Waals surface area contributed by atoms with Crippen molar-refractivity contribution in [2.24, 2.45) is 23.7 Å². The van der Waals surface area contributed by atoms with E-state index in [1.54, 1.807) is 0 Å². The van der Waals surface area contributed by atoms with Gasteiger partial charge >= 0.3 is 0 Å². The first-order valence-electron chi connectivity index (χ1n) is 8.05. The van der Waals surface area contributed by atoms with Crippen LogP contribution in [0.1, 0.15) is 44.9 Å². The molecule has 3 nitrogen and oxygen atoms in total. The monoisotopic (exact) mass is 264 g/mol. The lowest BCUT2D eigenvalue weighted by Gasteiger charge is -2.43. The maximum atomic E-state index is 12.7. The summed E-state index contributed by atoms with van der Waals surface area (Å²) in [6.07, 6.45) is 7.85. The number of hydrogen-bond acceptors (Lipinski definition) is 3. The van der Waals surface area contributed by atoms with Gasteiger partial charge < -0.3 is 9.47 Å². The topological polar surface area (TPSA) is 35.5 Å². The van der Waals surface area contributed by atoms with Crippen LogP contribution in [-0.2, 0) is 14.3 Å². The Morgan fingerprint density at radius 1 is 1.00 bits per heavy atom. The Labute approximate surface area is 115 Å². The molecule has 3 heteroatoms. The predicted molar refractivity (Wildman–Crippen MR) is 70.8 cm³/mol. The minimum atomic E-state index is -0.0270. The molecule has 2 saturated carbocycles. The van der Waals surface area contributed by atoms with Gasteiger partial charge in [0.25, 0.3) is 0 Å². The molecule has 3 unspecified atom stereocenters. The molecular weight excluding hydrogens is 240 g/mol. The first-order valence-corrected chi connectivity index (χ1v) is 8.05. The highest BCUT2D eigenvalue weighted by Crippen LogP contribution is 2.59. The molecule has 0 amide bonds. The molecular formula is C16H24O3. The number of ketones is 1. The third-order valence-electron chi connectivity index (χ3n) is 6.03. The van der Waals surface area contributed by atoms with Crippen molar-refractivity contribution < 1.29 is 14.3 Å². The van der Waals surface area contributed by atoms with Gasteiger partial charge in [0, 0.05) is 31.7 Å². The fourth-order valence-electron chi connectivity index (χ4n) is 4.88. The molecule has 2 aliphatic heterocycles. The number of hydrogen-bond donors (Lipinski definition) is 0. The van der Waals surface area contributed by atoms with E-state index in [-0.39, 0.29) is 11.5 Å². The van der Waals surface area contributed by atoms with Crippen molar-refractivity contribution in [1.29, 1.82) is 0 Å². The molecule has 0 aromatic heterocycles. The number of carbonyl (C=O) groups excluding carboxylic acids is 1. The van der Waals surface area contributed by atoms with E-state index in [0.717, 1.165) is 57.3 Å². The SMILES string of the molecule is O=C(C1CCOC2(CCOCC2)C1)C1C2CCCC21. The largest absolute Gasteiger partial charge is 0.381 e. The average molecular weight is 264 g/mol. The fourth-order valence-corrected chi connectivity index (χ4v) is 4.88. The molecule has 2 heterocycles. The standard InChI is InChI=1S/C16H24O3/c17-15(14-12-2-1-3-13(12)14)11-4-7-19-16(10-11)5-8-18-9-6-16/h11-14H,1-10H2. The van der Waals surface area contributed by atoms with Crippen molar-refractivity contribution in [2.45, 2.75) is 50.5 Å². The molecule has 0 radical (unpaired) electrons. The number of ether oxygens (including phenoxy) is 2. The Kier molecular flexibility index (Phi) is 2.96. The Morgan fingerprint density at radius 3 is 2.47 bits per heavy atom. The Hall–Kier alpha value is -0.410. The lowest BCUT2D eigenvalue weighted by molar-refractivity contribution is -0.158. The fraction of sp³-hybridized carbons (Fsp3) is 0.938. The van der Waals surface area contributed by atoms with Gasteiger partial charge in [0.15, 0.2) is 0 Å². The highest BCUT2D eigenvalue weighted by molar-refractivity contribution is 5.87. The van der Waals surface area contributed by atoms with Gasteiger partial charge in [-0.25, -0.2) is 0 Å². The summed E-state index contributed by atoms with van der Waals surface area (Å²) >= 11 is 0. The van der Waals surface area contributed by atoms with Gasteiger partial charge in [-0.05, 0) is 50.4 Å². The van der Waals surface area contributed by atoms with Gasteiger partial charge in [0.05, 0.1) is 5.60 Å². The zero-order valence-electron chi connectivity index (χ0n) is 11.6. The van der Waals surface area contributed by atoms with Crippen LogP contribution in [0.25, 0.3) is 0 Å². The average Bonchev–Trinajstić information content (AvgIpc) is 2.91. The van der Waals surface area contributed by atoms with Crippen LogP contribution in [0.3, 0.4) is 0 Å². The van der Waals surface area contributed by atoms with Gasteiger partial charge in [-0.1, -0.05) is 6.42 Å². The normalized spacial score (nSPS) is 44.0. The van der Waals surface area contributed by atoms with Gasteiger partial charge in [-0.15, -0.1) is 0 Å². The van der Waals surface area contributed by atoms with Crippen LogP contribution >= 0.6 is 0 Å². The van der Waals surface area contributed by atoms with E-state index >= 15 is 0 Å². The highest BCUT2D eigenvalue weighted by atomic mass is 16.5. The number of Topliss-reactive ketones (excluding diaryl/α,β-unsaturated/α-hetero) is 1. The quantitative estimate of drug-likeness (QED) is 0.769. The van der Waals surface area contributed by atoms with E-state index in [4.69, 9.17) is 9.47 Å². The van der Waals surface area contributed by atoms with Crippen molar-refractivity contribution in [2.75, 3.05) is 19.8 Å². The summed E-state index contributed by atoms with van der Waals surface area (Å²) in [6, 6.07) is 0. The summed E-state index contributed by atoms with van der Waals surface area (Å²) in [5.41, 5.74) is -0.0270. The highest BCUT2D eigenvalue weighted by Gasteiger charge is 2.58. The van der Waals surface area contributed by atoms with Crippen molar-refractivity contribution in [3.63, 3.8) is 0 Å². The first-order chi connectivity index (χ1) is 9.29. The Morgan fingerprint density at radius 2 is 1.74 bits per heavy atom. The number of carbonyl (C=O) groups is 1. The second-order valence-electron chi connectivity index (χ2n) is 7.02. The second-order valence-corrected chi connectivity index (χ2v) is 7.02. The zero-order valence-corrected chi connectivity index (χ0v) is 11.6. The van der Waals surface area contributed by atoms with Crippen molar-refractivity contribution in [1.82, 2.24) is 0 Å². The molecule has 0 aromatic carbocycles. The summed E-state index contributed by atoms with van der Waals surface area (Å²) in [4.78, 5) is 12.7. The second kappa shape index (κ2) is 4.56. The summed E-state index contributed by atoms with van der Waals surface area (Å²) in [5, 5.41) is 0. The molecule has 4 fully saturated rings. The molecule has 3 atom stereocenters. The molecule has 4 aliphatic rings. The zero-order chi connectivity index (χ0) is 12.9. The lowest BCUT2D eigenvalue weighted by Crippen LogP contribution is -2.46. The molecule has 0 N–H and O–H groups in total. The summed E-state index contributed by atoms with van der Waals surface area (Å²) in [5.74, 6) is 2.84. The van der Waals surface area contributed by atoms with Gasteiger partial charge in [0.2, 0.25) is 0 Å². The molecule has 19 heavy (non-hydrogen) atoms. The van der Waals surface area contributed by atoms with E-state index in [1.165, 1.54) is 19.3 Å². The van der Waals surface area contributed by atoms with Crippen molar-refractivity contribution in [3.8, 4) is 0 Å². The summed E-state index contributed by atoms with van der Waals surface area (Å²) in [6.45, 7) is 2.38. The van der Waals surface area contributed by atoms with Gasteiger partial charge in [-0.2, -0.15) is 0 Å². The molecule has 0 aromatic rings. The van der Waals surface area contributed by atoms with Crippen molar-refractivity contribution in [3.05, 3.63) is 0 Å². The van der Waals surface area contributed by atoms with E-state index < -0.39 is 0 Å². The van der Waals surface area contributed by atoms with Crippen LogP contribution in [-0.4, -0.2) is 31.2 Å². The maximum Gasteiger partial charge on any atom is 0.139 e. The van der Waals surface area contributed by atoms with E-state index in [1.807, 2.05) is 0 Å². The van der Waals surface area contributed by atoms with Crippen molar-refractivity contribution >= 4 is 5.78 Å². The Balaban J connectivity index is 1.42. The maximum absolute atomic E-state index is 12.7. The van der Waals surface area contributed by atoms with E-state index in [9.17, 15) is 4.79 Å². The summed E-state index contributed by atoms with van der Waals surface area (Å²) in [7, 11) is 0. The third kappa shape index (κ3) is 2.06. The number of fused-ring (bicyclic) bond motifs is 1. The van der Waals surface area contributed by atoms with Crippen LogP contribution in [0, 0.1) is 23.7 Å². The lowest BCUT2D eigenvalue weighted by atomic mass is 9.77. The van der Waals surface area contributed by atoms with E-state index in [0.29, 0.717) is 11.7 Å². The molecule has 0 bridgehead atoms. The summed E-state index contributed by atoms with van der Waals surface area (Å²) < 4.78 is 11.5. The van der Waals surface area contributed by atoms with Crippen LogP contribution in [0.4, 0.5) is 0 Å². The van der Waals surface area contributed by atoms with Crippen LogP contribution < -0.4 is 0 Å². The minimum Gasteiger partial charge on any atom is -0.381 e.